The second-order valence-corrected chi connectivity index (χ2v) is 2.50. The molecule has 0 aromatic heterocycles. The standard InChI is InChI=1S/C6H7NO3.ClH/c8-2-4-3-10-6-1-5(9)7(4)6;/h2,4,6H,1,3H2;1H. The minimum absolute atomic E-state index is 0. The fourth-order valence-electron chi connectivity index (χ4n) is 1.33. The van der Waals surface area contributed by atoms with E-state index in [1.54, 1.807) is 0 Å². The van der Waals surface area contributed by atoms with E-state index in [9.17, 15) is 9.59 Å². The van der Waals surface area contributed by atoms with Crippen LogP contribution in [-0.4, -0.2) is 36.0 Å². The van der Waals surface area contributed by atoms with E-state index < -0.39 is 0 Å². The lowest BCUT2D eigenvalue weighted by atomic mass is 10.1. The summed E-state index contributed by atoms with van der Waals surface area (Å²) < 4.78 is 5.10. The smallest absolute Gasteiger partial charge is 0.229 e. The average Bonchev–Trinajstić information content (AvgIpc) is 2.25. The zero-order chi connectivity index (χ0) is 7.14. The molecule has 1 amide bonds. The van der Waals surface area contributed by atoms with Crippen LogP contribution in [0.4, 0.5) is 0 Å². The molecule has 0 spiro atoms. The molecule has 0 aliphatic carbocycles. The van der Waals surface area contributed by atoms with Crippen molar-refractivity contribution >= 4 is 24.6 Å². The van der Waals surface area contributed by atoms with Crippen molar-refractivity contribution < 1.29 is 14.3 Å². The first-order valence-electron chi connectivity index (χ1n) is 3.21. The first kappa shape index (κ1) is 8.49. The summed E-state index contributed by atoms with van der Waals surface area (Å²) in [6, 6.07) is -0.314. The molecule has 2 unspecified atom stereocenters. The number of aldehydes is 1. The van der Waals surface area contributed by atoms with Crippen LogP contribution in [0, 0.1) is 0 Å². The van der Waals surface area contributed by atoms with Crippen LogP contribution in [0.5, 0.6) is 0 Å². The molecule has 2 atom stereocenters. The lowest BCUT2D eigenvalue weighted by Crippen LogP contribution is -2.53. The molecular formula is C6H8ClNO3. The summed E-state index contributed by atoms with van der Waals surface area (Å²) in [4.78, 5) is 22.5. The molecule has 0 saturated carbocycles. The van der Waals surface area contributed by atoms with Gasteiger partial charge in [-0.3, -0.25) is 4.79 Å². The highest BCUT2D eigenvalue weighted by Gasteiger charge is 2.46. The number of nitrogens with zero attached hydrogens (tertiary/aromatic N) is 1. The Morgan fingerprint density at radius 1 is 1.64 bits per heavy atom. The van der Waals surface area contributed by atoms with E-state index in [4.69, 9.17) is 4.74 Å². The topological polar surface area (TPSA) is 46.6 Å². The second-order valence-electron chi connectivity index (χ2n) is 2.50. The van der Waals surface area contributed by atoms with Crippen LogP contribution in [0.15, 0.2) is 0 Å². The van der Waals surface area contributed by atoms with Crippen LogP contribution < -0.4 is 0 Å². The number of halogens is 1. The summed E-state index contributed by atoms with van der Waals surface area (Å²) in [6.45, 7) is 0.375. The van der Waals surface area contributed by atoms with Crippen LogP contribution in [0.2, 0.25) is 0 Å². The maximum Gasteiger partial charge on any atom is 0.229 e. The molecule has 0 radical (unpaired) electrons. The molecule has 2 fully saturated rings. The van der Waals surface area contributed by atoms with Crippen LogP contribution in [-0.2, 0) is 14.3 Å². The molecule has 2 heterocycles. The molecule has 11 heavy (non-hydrogen) atoms. The number of amides is 1. The van der Waals surface area contributed by atoms with Crippen molar-refractivity contribution in [3.05, 3.63) is 0 Å². The van der Waals surface area contributed by atoms with Gasteiger partial charge in [-0.25, -0.2) is 0 Å². The fraction of sp³-hybridized carbons (Fsp3) is 0.667. The third-order valence-electron chi connectivity index (χ3n) is 1.92. The highest BCUT2D eigenvalue weighted by atomic mass is 35.5. The number of carbonyl (C=O) groups is 2. The van der Waals surface area contributed by atoms with E-state index >= 15 is 0 Å². The van der Waals surface area contributed by atoms with Gasteiger partial charge in [0.2, 0.25) is 5.91 Å². The number of hydrogen-bond acceptors (Lipinski definition) is 3. The molecule has 2 aliphatic rings. The number of β-lactam (4-membered cyclic amide) rings is 1. The second kappa shape index (κ2) is 2.79. The van der Waals surface area contributed by atoms with Crippen molar-refractivity contribution in [2.24, 2.45) is 0 Å². The molecule has 62 valence electrons. The SMILES string of the molecule is Cl.O=CC1COC2CC(=O)N12. The van der Waals surface area contributed by atoms with Gasteiger partial charge >= 0.3 is 0 Å². The molecule has 0 aromatic rings. The highest BCUT2D eigenvalue weighted by Crippen LogP contribution is 2.28. The summed E-state index contributed by atoms with van der Waals surface area (Å²) >= 11 is 0. The molecule has 2 saturated heterocycles. The first-order valence-corrected chi connectivity index (χ1v) is 3.21. The van der Waals surface area contributed by atoms with Crippen molar-refractivity contribution in [1.29, 1.82) is 0 Å². The summed E-state index contributed by atoms with van der Waals surface area (Å²) in [7, 11) is 0. The van der Waals surface area contributed by atoms with E-state index in [1.807, 2.05) is 0 Å². The number of fused-ring (bicyclic) bond motifs is 1. The number of carbonyl (C=O) groups excluding carboxylic acids is 2. The van der Waals surface area contributed by atoms with Gasteiger partial charge in [-0.05, 0) is 0 Å². The Morgan fingerprint density at radius 3 is 2.82 bits per heavy atom. The van der Waals surface area contributed by atoms with Gasteiger partial charge in [-0.2, -0.15) is 0 Å². The average molecular weight is 178 g/mol. The molecule has 2 rings (SSSR count). The van der Waals surface area contributed by atoms with E-state index in [2.05, 4.69) is 0 Å². The van der Waals surface area contributed by atoms with Crippen molar-refractivity contribution in [3.8, 4) is 0 Å². The predicted octanol–water partition coefficient (Wildman–Crippen LogP) is -0.436. The number of rotatable bonds is 1. The van der Waals surface area contributed by atoms with Crippen LogP contribution in [0.25, 0.3) is 0 Å². The van der Waals surface area contributed by atoms with Crippen molar-refractivity contribution in [1.82, 2.24) is 4.90 Å². The summed E-state index contributed by atoms with van der Waals surface area (Å²) in [6.07, 6.45) is 1.11. The van der Waals surface area contributed by atoms with E-state index in [0.717, 1.165) is 6.29 Å². The van der Waals surface area contributed by atoms with Gasteiger partial charge < -0.3 is 14.4 Å². The summed E-state index contributed by atoms with van der Waals surface area (Å²) in [5.41, 5.74) is 0. The van der Waals surface area contributed by atoms with Gasteiger partial charge in [0.1, 0.15) is 18.6 Å². The van der Waals surface area contributed by atoms with Gasteiger partial charge in [0.15, 0.2) is 0 Å². The Bertz CT molecular complexity index is 196. The lowest BCUT2D eigenvalue weighted by Gasteiger charge is -2.34. The van der Waals surface area contributed by atoms with Gasteiger partial charge in [0.05, 0.1) is 13.0 Å². The molecule has 0 N–H and O–H groups in total. The van der Waals surface area contributed by atoms with Gasteiger partial charge in [-0.1, -0.05) is 0 Å². The van der Waals surface area contributed by atoms with Crippen LogP contribution in [0.1, 0.15) is 6.42 Å². The zero-order valence-corrected chi connectivity index (χ0v) is 6.54. The minimum Gasteiger partial charge on any atom is -0.355 e. The summed E-state index contributed by atoms with van der Waals surface area (Å²) in [5.74, 6) is 0.0274. The molecule has 0 aromatic carbocycles. The van der Waals surface area contributed by atoms with E-state index in [-0.39, 0.29) is 30.6 Å². The Labute approximate surface area is 69.9 Å². The largest absolute Gasteiger partial charge is 0.355 e. The monoisotopic (exact) mass is 177 g/mol. The van der Waals surface area contributed by atoms with Gasteiger partial charge in [-0.15, -0.1) is 12.4 Å². The first-order chi connectivity index (χ1) is 4.83. The quantitative estimate of drug-likeness (QED) is 0.403. The fourth-order valence-corrected chi connectivity index (χ4v) is 1.33. The Kier molecular flexibility index (Phi) is 2.15. The Morgan fingerprint density at radius 2 is 2.36 bits per heavy atom. The molecular weight excluding hydrogens is 170 g/mol. The number of hydrogen-bond donors (Lipinski definition) is 0. The third-order valence-corrected chi connectivity index (χ3v) is 1.92. The van der Waals surface area contributed by atoms with Crippen molar-refractivity contribution in [3.63, 3.8) is 0 Å². The maximum atomic E-state index is 10.8. The molecule has 2 aliphatic heterocycles. The van der Waals surface area contributed by atoms with Gasteiger partial charge in [0, 0.05) is 0 Å². The molecule has 0 bridgehead atoms. The normalized spacial score (nSPS) is 33.8. The Balaban J connectivity index is 0.000000605. The van der Waals surface area contributed by atoms with Crippen LogP contribution >= 0.6 is 12.4 Å². The summed E-state index contributed by atoms with van der Waals surface area (Å²) in [5, 5.41) is 0. The van der Waals surface area contributed by atoms with E-state index in [0.29, 0.717) is 13.0 Å². The molecule has 4 nitrogen and oxygen atoms in total. The zero-order valence-electron chi connectivity index (χ0n) is 5.73. The van der Waals surface area contributed by atoms with Gasteiger partial charge in [0.25, 0.3) is 0 Å². The Hall–Kier alpha value is -0.610. The van der Waals surface area contributed by atoms with Crippen molar-refractivity contribution in [2.75, 3.05) is 6.61 Å². The minimum atomic E-state index is -0.314. The highest BCUT2D eigenvalue weighted by molar-refractivity contribution is 5.86. The van der Waals surface area contributed by atoms with E-state index in [1.165, 1.54) is 4.90 Å². The lowest BCUT2D eigenvalue weighted by molar-refractivity contribution is -0.158. The van der Waals surface area contributed by atoms with Crippen LogP contribution in [0.3, 0.4) is 0 Å². The molecule has 5 heteroatoms. The third kappa shape index (κ3) is 1.02. The predicted molar refractivity (Wildman–Crippen MR) is 38.3 cm³/mol. The number of ether oxygens (including phenoxy) is 1. The van der Waals surface area contributed by atoms with Crippen molar-refractivity contribution in [2.45, 2.75) is 18.7 Å². The maximum absolute atomic E-state index is 10.8.